The van der Waals surface area contributed by atoms with Gasteiger partial charge in [-0.2, -0.15) is 31.3 Å². The predicted molar refractivity (Wildman–Crippen MR) is 76.3 cm³/mol. The smallest absolute Gasteiger partial charge is 0.357 e. The number of para-hydroxylation sites is 1. The Balaban J connectivity index is 2.53. The molecule has 0 aliphatic rings. The molecule has 0 aliphatic carbocycles. The van der Waals surface area contributed by atoms with E-state index in [1.165, 1.54) is 13.1 Å². The van der Waals surface area contributed by atoms with Gasteiger partial charge in [-0.25, -0.2) is 4.98 Å². The van der Waals surface area contributed by atoms with Crippen molar-refractivity contribution in [2.75, 3.05) is 17.7 Å². The summed E-state index contributed by atoms with van der Waals surface area (Å²) in [5.74, 6) is -0.895. The number of benzene rings is 1. The standard InChI is InChI=1S/C13H9ClF6N4/c1-21-11-22-8(13(18,19)20)5-9(24-11)23-10-6(12(15,16)17)3-2-4-7(10)14/h2-5H,1H3,(H2,21,22,23,24). The van der Waals surface area contributed by atoms with Gasteiger partial charge in [0.05, 0.1) is 16.3 Å². The minimum atomic E-state index is -4.79. The van der Waals surface area contributed by atoms with Gasteiger partial charge in [0, 0.05) is 13.1 Å². The van der Waals surface area contributed by atoms with Crippen LogP contribution in [-0.2, 0) is 12.4 Å². The summed E-state index contributed by atoms with van der Waals surface area (Å²) in [5.41, 5.74) is -3.04. The highest BCUT2D eigenvalue weighted by Gasteiger charge is 2.36. The van der Waals surface area contributed by atoms with E-state index in [-0.39, 0.29) is 5.02 Å². The van der Waals surface area contributed by atoms with Crippen molar-refractivity contribution >= 4 is 29.1 Å². The van der Waals surface area contributed by atoms with Crippen molar-refractivity contribution < 1.29 is 26.3 Å². The SMILES string of the molecule is CNc1nc(Nc2c(Cl)cccc2C(F)(F)F)cc(C(F)(F)F)n1. The Morgan fingerprint density at radius 1 is 1.00 bits per heavy atom. The Hall–Kier alpha value is -2.23. The van der Waals surface area contributed by atoms with Crippen LogP contribution in [0.3, 0.4) is 0 Å². The Morgan fingerprint density at radius 2 is 1.67 bits per heavy atom. The third-order valence-corrected chi connectivity index (χ3v) is 3.13. The van der Waals surface area contributed by atoms with Gasteiger partial charge in [-0.05, 0) is 12.1 Å². The van der Waals surface area contributed by atoms with Crippen molar-refractivity contribution in [3.8, 4) is 0 Å². The number of aromatic nitrogens is 2. The fourth-order valence-electron chi connectivity index (χ4n) is 1.78. The van der Waals surface area contributed by atoms with Crippen molar-refractivity contribution in [2.24, 2.45) is 0 Å². The van der Waals surface area contributed by atoms with Crippen LogP contribution in [0.4, 0.5) is 43.8 Å². The van der Waals surface area contributed by atoms with E-state index in [1.54, 1.807) is 0 Å². The second-order valence-electron chi connectivity index (χ2n) is 4.49. The Morgan fingerprint density at radius 3 is 2.21 bits per heavy atom. The summed E-state index contributed by atoms with van der Waals surface area (Å²) in [6.07, 6.45) is -9.54. The maximum atomic E-state index is 13.0. The molecule has 0 saturated carbocycles. The van der Waals surface area contributed by atoms with Crippen molar-refractivity contribution in [1.29, 1.82) is 0 Å². The molecule has 0 spiro atoms. The fraction of sp³-hybridized carbons (Fsp3) is 0.231. The highest BCUT2D eigenvalue weighted by Crippen LogP contribution is 2.40. The summed E-state index contributed by atoms with van der Waals surface area (Å²) in [5, 5.41) is 4.18. The van der Waals surface area contributed by atoms with Crippen LogP contribution in [0.5, 0.6) is 0 Å². The number of alkyl halides is 6. The molecule has 24 heavy (non-hydrogen) atoms. The molecule has 0 amide bonds. The van der Waals surface area contributed by atoms with Gasteiger partial charge in [0.1, 0.15) is 5.82 Å². The molecule has 130 valence electrons. The van der Waals surface area contributed by atoms with E-state index in [0.29, 0.717) is 6.07 Å². The summed E-state index contributed by atoms with van der Waals surface area (Å²) in [4.78, 5) is 6.88. The number of nitrogens with one attached hydrogen (secondary N) is 2. The van der Waals surface area contributed by atoms with E-state index in [9.17, 15) is 26.3 Å². The Bertz CT molecular complexity index is 744. The number of rotatable bonds is 3. The molecule has 0 saturated heterocycles. The van der Waals surface area contributed by atoms with Crippen LogP contribution in [0, 0.1) is 0 Å². The molecule has 1 aromatic heterocycles. The molecule has 0 fully saturated rings. The third kappa shape index (κ3) is 3.99. The summed E-state index contributed by atoms with van der Waals surface area (Å²) >= 11 is 5.74. The molecule has 4 nitrogen and oxygen atoms in total. The molecule has 1 heterocycles. The van der Waals surface area contributed by atoms with Gasteiger partial charge in [-0.3, -0.25) is 0 Å². The van der Waals surface area contributed by atoms with Gasteiger partial charge < -0.3 is 10.6 Å². The van der Waals surface area contributed by atoms with E-state index in [2.05, 4.69) is 20.6 Å². The minimum Gasteiger partial charge on any atom is -0.357 e. The van der Waals surface area contributed by atoms with Crippen LogP contribution >= 0.6 is 11.6 Å². The zero-order chi connectivity index (χ0) is 18.1. The maximum absolute atomic E-state index is 13.0. The van der Waals surface area contributed by atoms with Crippen LogP contribution in [0.25, 0.3) is 0 Å². The highest BCUT2D eigenvalue weighted by molar-refractivity contribution is 6.33. The first kappa shape index (κ1) is 18.1. The third-order valence-electron chi connectivity index (χ3n) is 2.81. The molecule has 1 aromatic carbocycles. The summed E-state index contributed by atoms with van der Waals surface area (Å²) in [7, 11) is 1.27. The molecule has 2 aromatic rings. The number of anilines is 3. The van der Waals surface area contributed by atoms with Gasteiger partial charge in [0.15, 0.2) is 5.69 Å². The largest absolute Gasteiger partial charge is 0.433 e. The molecule has 0 unspecified atom stereocenters. The Labute approximate surface area is 136 Å². The zero-order valence-corrected chi connectivity index (χ0v) is 12.6. The van der Waals surface area contributed by atoms with Gasteiger partial charge in [0.25, 0.3) is 0 Å². The summed E-state index contributed by atoms with van der Waals surface area (Å²) < 4.78 is 77.5. The molecule has 0 aliphatic heterocycles. The average Bonchev–Trinajstić information content (AvgIpc) is 2.47. The van der Waals surface area contributed by atoms with Crippen LogP contribution in [0.1, 0.15) is 11.3 Å². The number of hydrogen-bond donors (Lipinski definition) is 2. The first-order valence-corrected chi connectivity index (χ1v) is 6.67. The maximum Gasteiger partial charge on any atom is 0.433 e. The molecule has 0 bridgehead atoms. The first-order chi connectivity index (χ1) is 11.0. The van der Waals surface area contributed by atoms with Crippen molar-refractivity contribution in [1.82, 2.24) is 9.97 Å². The molecular weight excluding hydrogens is 362 g/mol. The average molecular weight is 371 g/mol. The molecular formula is C13H9ClF6N4. The molecule has 0 radical (unpaired) electrons. The second-order valence-corrected chi connectivity index (χ2v) is 4.90. The monoisotopic (exact) mass is 370 g/mol. The summed E-state index contributed by atoms with van der Waals surface area (Å²) in [6.45, 7) is 0. The van der Waals surface area contributed by atoms with E-state index in [4.69, 9.17) is 11.6 Å². The lowest BCUT2D eigenvalue weighted by atomic mass is 10.1. The van der Waals surface area contributed by atoms with Gasteiger partial charge in [-0.15, -0.1) is 0 Å². The first-order valence-electron chi connectivity index (χ1n) is 6.29. The lowest BCUT2D eigenvalue weighted by Gasteiger charge is -2.16. The van der Waals surface area contributed by atoms with Gasteiger partial charge >= 0.3 is 12.4 Å². The van der Waals surface area contributed by atoms with E-state index in [0.717, 1.165) is 12.1 Å². The van der Waals surface area contributed by atoms with E-state index in [1.807, 2.05) is 0 Å². The fourth-order valence-corrected chi connectivity index (χ4v) is 2.01. The number of halogens is 7. The molecule has 11 heteroatoms. The van der Waals surface area contributed by atoms with Crippen molar-refractivity contribution in [2.45, 2.75) is 12.4 Å². The summed E-state index contributed by atoms with van der Waals surface area (Å²) in [6, 6.07) is 3.49. The molecule has 2 N–H and O–H groups in total. The molecule has 0 atom stereocenters. The van der Waals surface area contributed by atoms with Gasteiger partial charge in [0.2, 0.25) is 5.95 Å². The lowest BCUT2D eigenvalue weighted by molar-refractivity contribution is -0.141. The van der Waals surface area contributed by atoms with Crippen LogP contribution in [0.15, 0.2) is 24.3 Å². The predicted octanol–water partition coefficient (Wildman–Crippen LogP) is 4.95. The topological polar surface area (TPSA) is 49.8 Å². The van der Waals surface area contributed by atoms with Crippen molar-refractivity contribution in [3.05, 3.63) is 40.5 Å². The second kappa shape index (κ2) is 6.34. The normalized spacial score (nSPS) is 12.2. The van der Waals surface area contributed by atoms with E-state index < -0.39 is 41.1 Å². The molecule has 2 rings (SSSR count). The van der Waals surface area contributed by atoms with Crippen LogP contribution < -0.4 is 10.6 Å². The highest BCUT2D eigenvalue weighted by atomic mass is 35.5. The zero-order valence-electron chi connectivity index (χ0n) is 11.8. The van der Waals surface area contributed by atoms with Crippen molar-refractivity contribution in [3.63, 3.8) is 0 Å². The quantitative estimate of drug-likeness (QED) is 0.750. The van der Waals surface area contributed by atoms with E-state index >= 15 is 0 Å². The number of nitrogens with zero attached hydrogens (tertiary/aromatic N) is 2. The van der Waals surface area contributed by atoms with Crippen LogP contribution in [-0.4, -0.2) is 17.0 Å². The number of hydrogen-bond acceptors (Lipinski definition) is 4. The Kier molecular flexibility index (Phi) is 4.79. The van der Waals surface area contributed by atoms with Gasteiger partial charge in [-0.1, -0.05) is 17.7 Å². The minimum absolute atomic E-state index is 0.317. The lowest BCUT2D eigenvalue weighted by Crippen LogP contribution is -2.13. The van der Waals surface area contributed by atoms with Crippen LogP contribution in [0.2, 0.25) is 5.02 Å².